The van der Waals surface area contributed by atoms with Crippen LogP contribution in [-0.4, -0.2) is 126 Å². The summed E-state index contributed by atoms with van der Waals surface area (Å²) >= 11 is 0. The molecule has 0 aromatic carbocycles. The molecule has 2 aliphatic rings. The fourth-order valence-electron chi connectivity index (χ4n) is 3.07. The Bertz CT molecular complexity index is 336. The maximum absolute atomic E-state index is 10.9. The largest absolute Gasteiger partial charge is 0.480 e. The van der Waals surface area contributed by atoms with E-state index in [4.69, 9.17) is 5.11 Å². The first-order chi connectivity index (χ1) is 10.5. The Kier molecular flexibility index (Phi) is 7.00. The van der Waals surface area contributed by atoms with Crippen LogP contribution in [0.2, 0.25) is 0 Å². The van der Waals surface area contributed by atoms with Crippen LogP contribution >= 0.6 is 0 Å². The average Bonchev–Trinajstić information content (AvgIpc) is 2.58. The smallest absolute Gasteiger partial charge is 0.317 e. The summed E-state index contributed by atoms with van der Waals surface area (Å²) < 4.78 is 0. The third-order valence-corrected chi connectivity index (χ3v) is 4.44. The maximum atomic E-state index is 10.9. The van der Waals surface area contributed by atoms with Gasteiger partial charge in [0.25, 0.3) is 0 Å². The van der Waals surface area contributed by atoms with Crippen molar-refractivity contribution in [2.45, 2.75) is 6.29 Å². The number of fused-ring (bicyclic) bond motifs is 3. The molecule has 8 nitrogen and oxygen atoms in total. The van der Waals surface area contributed by atoms with Crippen LogP contribution in [0.25, 0.3) is 0 Å². The summed E-state index contributed by atoms with van der Waals surface area (Å²) in [5.41, 5.74) is 0. The summed E-state index contributed by atoms with van der Waals surface area (Å²) in [4.78, 5) is 19.7. The van der Waals surface area contributed by atoms with E-state index in [0.29, 0.717) is 0 Å². The highest BCUT2D eigenvalue weighted by molar-refractivity contribution is 5.69. The van der Waals surface area contributed by atoms with Gasteiger partial charge >= 0.3 is 5.97 Å². The Morgan fingerprint density at radius 2 is 1.18 bits per heavy atom. The minimum absolute atomic E-state index is 0.102. The Balaban J connectivity index is 1.96. The van der Waals surface area contributed by atoms with E-state index in [-0.39, 0.29) is 13.1 Å². The molecule has 0 aromatic heterocycles. The summed E-state index contributed by atoms with van der Waals surface area (Å²) in [6.45, 7) is 8.97. The summed E-state index contributed by atoms with van der Waals surface area (Å²) in [5.74, 6) is -0.771. The van der Waals surface area contributed by atoms with Crippen molar-refractivity contribution >= 4 is 5.97 Å². The molecule has 128 valence electrons. The molecule has 2 saturated heterocycles. The van der Waals surface area contributed by atoms with E-state index in [0.717, 1.165) is 65.4 Å². The van der Waals surface area contributed by atoms with Crippen molar-refractivity contribution in [1.82, 2.24) is 19.6 Å². The van der Waals surface area contributed by atoms with Crippen molar-refractivity contribution < 1.29 is 20.1 Å². The molecule has 2 aliphatic heterocycles. The van der Waals surface area contributed by atoms with Crippen molar-refractivity contribution in [1.29, 1.82) is 0 Å². The topological polar surface area (TPSA) is 90.7 Å². The van der Waals surface area contributed by atoms with E-state index >= 15 is 0 Å². The molecule has 0 amide bonds. The molecular formula is C14H28N4O4. The number of aliphatic hydroxyl groups is 2. The first kappa shape index (κ1) is 17.6. The summed E-state index contributed by atoms with van der Waals surface area (Å²) in [6, 6.07) is 0. The lowest BCUT2D eigenvalue weighted by Gasteiger charge is -2.29. The van der Waals surface area contributed by atoms with Crippen LogP contribution in [0, 0.1) is 0 Å². The zero-order chi connectivity index (χ0) is 15.9. The van der Waals surface area contributed by atoms with E-state index in [1.807, 2.05) is 4.90 Å². The van der Waals surface area contributed by atoms with Gasteiger partial charge in [-0.3, -0.25) is 24.4 Å². The van der Waals surface area contributed by atoms with Crippen molar-refractivity contribution in [3.63, 3.8) is 0 Å². The van der Waals surface area contributed by atoms with Gasteiger partial charge in [0.05, 0.1) is 6.54 Å². The minimum atomic E-state index is -1.29. The second-order valence-electron chi connectivity index (χ2n) is 6.13. The number of β-amino-alcohol motifs (C(OH)–C–C–N with tert-alkyl or cyclic N) is 2. The van der Waals surface area contributed by atoms with Gasteiger partial charge < -0.3 is 15.3 Å². The Labute approximate surface area is 131 Å². The fraction of sp³-hybridized carbons (Fsp3) is 0.929. The lowest BCUT2D eigenvalue weighted by molar-refractivity contribution is -0.138. The first-order valence-electron chi connectivity index (χ1n) is 8.00. The third kappa shape index (κ3) is 6.15. The van der Waals surface area contributed by atoms with Crippen molar-refractivity contribution in [3.8, 4) is 0 Å². The number of aliphatic hydroxyl groups excluding tert-OH is 1. The monoisotopic (exact) mass is 316 g/mol. The van der Waals surface area contributed by atoms with Gasteiger partial charge in [0.1, 0.15) is 0 Å². The Morgan fingerprint density at radius 1 is 0.773 bits per heavy atom. The molecule has 2 atom stereocenters. The number of rotatable bonds is 4. The van der Waals surface area contributed by atoms with Crippen LogP contribution < -0.4 is 0 Å². The summed E-state index contributed by atoms with van der Waals surface area (Å²) in [5, 5.41) is 27.4. The van der Waals surface area contributed by atoms with Gasteiger partial charge in [0, 0.05) is 72.0 Å². The quantitative estimate of drug-likeness (QED) is 0.495. The van der Waals surface area contributed by atoms with Crippen molar-refractivity contribution in [2.24, 2.45) is 0 Å². The zero-order valence-corrected chi connectivity index (χ0v) is 13.1. The molecule has 0 spiro atoms. The van der Waals surface area contributed by atoms with Gasteiger partial charge in [-0.2, -0.15) is 0 Å². The standard InChI is InChI=1S/C14H28N4O4/c19-13(20)11-17-7-3-15-1-2-16(5-9-17)6-10-18(8-4-15)12-14(21)22/h13,19-20H,1-12H2,(H,21,22). The molecular weight excluding hydrogens is 288 g/mol. The number of nitrogens with zero attached hydrogens (tertiary/aromatic N) is 4. The van der Waals surface area contributed by atoms with Gasteiger partial charge in [0.2, 0.25) is 0 Å². The predicted octanol–water partition coefficient (Wildman–Crippen LogP) is -2.38. The van der Waals surface area contributed by atoms with Gasteiger partial charge in [-0.1, -0.05) is 0 Å². The number of hydrogen-bond acceptors (Lipinski definition) is 7. The highest BCUT2D eigenvalue weighted by atomic mass is 16.5. The van der Waals surface area contributed by atoms with E-state index < -0.39 is 12.3 Å². The Hall–Kier alpha value is -0.770. The number of carbonyl (C=O) groups is 1. The lowest BCUT2D eigenvalue weighted by atomic mass is 10.3. The van der Waals surface area contributed by atoms with Crippen molar-refractivity contribution in [3.05, 3.63) is 0 Å². The molecule has 0 aromatic rings. The molecule has 2 unspecified atom stereocenters. The number of carboxylic acids is 1. The Morgan fingerprint density at radius 3 is 1.59 bits per heavy atom. The highest BCUT2D eigenvalue weighted by Crippen LogP contribution is 2.05. The van der Waals surface area contributed by atoms with E-state index in [1.54, 1.807) is 0 Å². The number of hydrogen-bond donors (Lipinski definition) is 3. The maximum Gasteiger partial charge on any atom is 0.317 e. The van der Waals surface area contributed by atoms with Gasteiger partial charge in [-0.25, -0.2) is 0 Å². The minimum Gasteiger partial charge on any atom is -0.480 e. The summed E-state index contributed by atoms with van der Waals surface area (Å²) in [6.07, 6.45) is -1.29. The zero-order valence-electron chi connectivity index (χ0n) is 13.1. The van der Waals surface area contributed by atoms with Gasteiger partial charge in [-0.05, 0) is 0 Å². The van der Waals surface area contributed by atoms with Crippen LogP contribution in [0.4, 0.5) is 0 Å². The highest BCUT2D eigenvalue weighted by Gasteiger charge is 2.21. The van der Waals surface area contributed by atoms with Crippen LogP contribution in [0.1, 0.15) is 0 Å². The molecule has 2 heterocycles. The van der Waals surface area contributed by atoms with Crippen LogP contribution in [0.3, 0.4) is 0 Å². The van der Waals surface area contributed by atoms with E-state index in [1.165, 1.54) is 0 Å². The number of aliphatic carboxylic acids is 1. The molecule has 0 aliphatic carbocycles. The molecule has 2 bridgehead atoms. The summed E-state index contributed by atoms with van der Waals surface area (Å²) in [7, 11) is 0. The van der Waals surface area contributed by atoms with Gasteiger partial charge in [-0.15, -0.1) is 0 Å². The van der Waals surface area contributed by atoms with E-state index in [9.17, 15) is 15.0 Å². The SMILES string of the molecule is O=C(O)CN1CCN2CCN(CC1)CCN(CC(O)O)CC2. The molecule has 2 fully saturated rings. The molecule has 8 heteroatoms. The fourth-order valence-corrected chi connectivity index (χ4v) is 3.07. The predicted molar refractivity (Wildman–Crippen MR) is 81.6 cm³/mol. The normalized spacial score (nSPS) is 29.2. The van der Waals surface area contributed by atoms with Gasteiger partial charge in [0.15, 0.2) is 6.29 Å². The third-order valence-electron chi connectivity index (χ3n) is 4.44. The molecule has 0 saturated carbocycles. The molecule has 0 radical (unpaired) electrons. The molecule has 22 heavy (non-hydrogen) atoms. The second kappa shape index (κ2) is 8.76. The van der Waals surface area contributed by atoms with Crippen LogP contribution in [-0.2, 0) is 4.79 Å². The second-order valence-corrected chi connectivity index (χ2v) is 6.13. The van der Waals surface area contributed by atoms with E-state index in [2.05, 4.69) is 14.7 Å². The van der Waals surface area contributed by atoms with Crippen LogP contribution in [0.5, 0.6) is 0 Å². The number of carboxylic acid groups (broad SMARTS) is 1. The molecule has 2 rings (SSSR count). The first-order valence-corrected chi connectivity index (χ1v) is 8.00. The lowest BCUT2D eigenvalue weighted by Crippen LogP contribution is -2.44. The van der Waals surface area contributed by atoms with Crippen LogP contribution in [0.15, 0.2) is 0 Å². The van der Waals surface area contributed by atoms with Crippen molar-refractivity contribution in [2.75, 3.05) is 78.5 Å². The molecule has 3 N–H and O–H groups in total. The average molecular weight is 316 g/mol.